The molecule has 54 heavy (non-hydrogen) atoms. The van der Waals surface area contributed by atoms with Gasteiger partial charge in [-0.2, -0.15) is 4.58 Å². The van der Waals surface area contributed by atoms with Gasteiger partial charge in [0.15, 0.2) is 5.71 Å². The molecule has 0 radical (unpaired) electrons. The van der Waals surface area contributed by atoms with Gasteiger partial charge in [0.1, 0.15) is 16.7 Å². The van der Waals surface area contributed by atoms with Gasteiger partial charge in [-0.15, -0.1) is 0 Å². The third-order valence-corrected chi connectivity index (χ3v) is 11.7. The molecule has 1 N–H and O–H groups in total. The van der Waals surface area contributed by atoms with E-state index in [9.17, 15) is 48.8 Å². The van der Waals surface area contributed by atoms with E-state index in [4.69, 9.17) is 0 Å². The van der Waals surface area contributed by atoms with Gasteiger partial charge in [-0.1, -0.05) is 44.2 Å². The Hall–Kier alpha value is -0.657. The third kappa shape index (κ3) is 12.7. The van der Waals surface area contributed by atoms with Crippen molar-refractivity contribution in [2.24, 2.45) is 0 Å². The van der Waals surface area contributed by atoms with Gasteiger partial charge in [-0.25, -0.2) is 30.0 Å². The van der Waals surface area contributed by atoms with Crippen LogP contribution in [-0.2, 0) is 41.2 Å². The van der Waals surface area contributed by atoms with E-state index in [-0.39, 0.29) is 126 Å². The van der Waals surface area contributed by atoms with Crippen molar-refractivity contribution in [1.82, 2.24) is 0 Å². The summed E-state index contributed by atoms with van der Waals surface area (Å²) >= 11 is 0. The molecule has 0 aromatic heterocycles. The quantitative estimate of drug-likeness (QED) is 0.0685. The topological polar surface area (TPSA) is 215 Å². The maximum Gasteiger partial charge on any atom is 1.00 e. The van der Waals surface area contributed by atoms with Gasteiger partial charge in [-0.3, -0.25) is 0 Å². The molecule has 0 unspecified atom stereocenters. The maximum absolute atomic E-state index is 11.8. The van der Waals surface area contributed by atoms with Crippen molar-refractivity contribution in [1.29, 1.82) is 0 Å². The number of allylic oxidation sites excluding steroid dienone is 8. The minimum Gasteiger partial charge on any atom is -0.748 e. The molecular formula is C36H42K2N2O11S3. The summed E-state index contributed by atoms with van der Waals surface area (Å²) in [4.78, 5) is 13.3. The Morgan fingerprint density at radius 1 is 0.759 bits per heavy atom. The van der Waals surface area contributed by atoms with Crippen molar-refractivity contribution in [2.45, 2.75) is 69.1 Å². The number of unbranched alkanes of at least 4 members (excludes halogenated alkanes) is 2. The van der Waals surface area contributed by atoms with Crippen LogP contribution in [0.25, 0.3) is 0 Å². The molecular weight excluding hydrogens is 811 g/mol. The third-order valence-electron chi connectivity index (χ3n) is 9.30. The second-order valence-corrected chi connectivity index (χ2v) is 18.2. The molecule has 2 aromatic carbocycles. The molecule has 0 bridgehead atoms. The predicted octanol–water partition coefficient (Wildman–Crippen LogP) is -1.33. The Morgan fingerprint density at radius 3 is 1.94 bits per heavy atom. The maximum atomic E-state index is 11.8. The Kier molecular flexibility index (Phi) is 18.2. The van der Waals surface area contributed by atoms with Crippen molar-refractivity contribution in [2.75, 3.05) is 29.5 Å². The van der Waals surface area contributed by atoms with E-state index in [0.717, 1.165) is 22.7 Å². The van der Waals surface area contributed by atoms with Gasteiger partial charge in [0.25, 0.3) is 0 Å². The summed E-state index contributed by atoms with van der Waals surface area (Å²) in [6.07, 6.45) is 13.8. The number of carboxylic acids is 1. The molecule has 0 atom stereocenters. The standard InChI is InChI=1S/C36H44N2O11S3.2K/c1-35(2)28-24-26(34(39)40)16-18-30(28)37(20-10-12-22-50(41,42)43)32(35)14-8-6-5-7-9-15-33-36(3,4)29-25-27(52(47,48)49)17-19-31(29)38(33)21-11-13-23-51(44,45)46;;/h5-9,14-19,24-25H,10-13,20-23H2,1-4H3,(H3-,39,40,41,42,43,44,45,46,47,48,49);;/q;2*+1/p-2. The minimum atomic E-state index is -4.71. The van der Waals surface area contributed by atoms with Crippen molar-refractivity contribution in [3.05, 3.63) is 101 Å². The average molecular weight is 853 g/mol. The van der Waals surface area contributed by atoms with E-state index in [1.807, 2.05) is 55.4 Å². The van der Waals surface area contributed by atoms with Crippen LogP contribution in [0.4, 0.5) is 11.4 Å². The normalized spacial score (nSPS) is 17.3. The summed E-state index contributed by atoms with van der Waals surface area (Å²) in [6, 6.07) is 9.05. The molecule has 18 heteroatoms. The number of hydrogen-bond donors (Lipinski definition) is 1. The Balaban J connectivity index is 0.00000504. The molecule has 0 amide bonds. The molecule has 2 aliphatic rings. The first-order valence-electron chi connectivity index (χ1n) is 16.5. The zero-order valence-electron chi connectivity index (χ0n) is 31.3. The fourth-order valence-corrected chi connectivity index (χ4v) is 8.30. The SMILES string of the molecule is CC1(C)C(=CC=CC=CC=CC2=[N+](CCCCS(=O)(=O)[O-])c3ccc(C(=O)O)cc3C2(C)C)N(CCCCS(=O)(=O)[O-])c2ccc(S(=O)(=O)[O-])cc21.[K+].[K+]. The Bertz CT molecular complexity index is 2230. The summed E-state index contributed by atoms with van der Waals surface area (Å²) in [5, 5.41) is 9.58. The van der Waals surface area contributed by atoms with Crippen molar-refractivity contribution in [3.8, 4) is 0 Å². The molecule has 0 saturated carbocycles. The number of carbonyl (C=O) groups is 1. The minimum absolute atomic E-state index is 0. The van der Waals surface area contributed by atoms with E-state index >= 15 is 0 Å². The number of benzene rings is 2. The van der Waals surface area contributed by atoms with Gasteiger partial charge in [0, 0.05) is 59.0 Å². The second-order valence-electron chi connectivity index (χ2n) is 13.7. The van der Waals surface area contributed by atoms with Gasteiger partial charge in [0.05, 0.1) is 36.1 Å². The summed E-state index contributed by atoms with van der Waals surface area (Å²) in [5.74, 6) is -2.03. The molecule has 0 fully saturated rings. The Morgan fingerprint density at radius 2 is 1.35 bits per heavy atom. The van der Waals surface area contributed by atoms with Crippen molar-refractivity contribution < 1.29 is 156 Å². The largest absolute Gasteiger partial charge is 1.00 e. The number of carboxylic acid groups (broad SMARTS) is 1. The number of anilines is 1. The first-order chi connectivity index (χ1) is 24.0. The van der Waals surface area contributed by atoms with Crippen molar-refractivity contribution >= 4 is 53.4 Å². The number of aromatic carboxylic acids is 1. The average Bonchev–Trinajstić information content (AvgIpc) is 3.37. The van der Waals surface area contributed by atoms with Crippen LogP contribution < -0.4 is 108 Å². The number of hydrogen-bond acceptors (Lipinski definition) is 11. The van der Waals surface area contributed by atoms with E-state index in [1.54, 1.807) is 42.5 Å². The van der Waals surface area contributed by atoms with E-state index < -0.39 is 58.7 Å². The fourth-order valence-electron chi connectivity index (χ4n) is 6.68. The molecule has 4 rings (SSSR count). The number of nitrogens with zero attached hydrogens (tertiary/aromatic N) is 2. The van der Waals surface area contributed by atoms with Gasteiger partial charge >= 0.3 is 109 Å². The van der Waals surface area contributed by atoms with Crippen molar-refractivity contribution in [3.63, 3.8) is 0 Å². The predicted molar refractivity (Wildman–Crippen MR) is 194 cm³/mol. The molecule has 0 aliphatic carbocycles. The Labute approximate surface area is 403 Å². The molecule has 2 heterocycles. The molecule has 282 valence electrons. The smallest absolute Gasteiger partial charge is 0.748 e. The molecule has 2 aromatic rings. The summed E-state index contributed by atoms with van der Waals surface area (Å²) in [7, 11) is -13.4. The molecule has 13 nitrogen and oxygen atoms in total. The van der Waals surface area contributed by atoms with E-state index in [1.165, 1.54) is 18.2 Å². The first kappa shape index (κ1) is 49.5. The van der Waals surface area contributed by atoms with Crippen LogP contribution >= 0.6 is 0 Å². The number of rotatable bonds is 16. The van der Waals surface area contributed by atoms with Crippen LogP contribution in [0.15, 0.2) is 89.5 Å². The van der Waals surface area contributed by atoms with E-state index in [0.29, 0.717) is 37.2 Å². The van der Waals surface area contributed by atoms with Crippen LogP contribution in [0, 0.1) is 0 Å². The monoisotopic (exact) mass is 852 g/mol. The number of fused-ring (bicyclic) bond motifs is 2. The zero-order chi connectivity index (χ0) is 38.7. The van der Waals surface area contributed by atoms with Crippen LogP contribution in [0.2, 0.25) is 0 Å². The first-order valence-corrected chi connectivity index (χ1v) is 21.1. The second kappa shape index (κ2) is 19.9. The zero-order valence-corrected chi connectivity index (χ0v) is 40.0. The molecule has 0 saturated heterocycles. The van der Waals surface area contributed by atoms with Crippen LogP contribution in [0.1, 0.15) is 74.9 Å². The summed E-state index contributed by atoms with van der Waals surface area (Å²) < 4.78 is 104. The van der Waals surface area contributed by atoms with Gasteiger partial charge < -0.3 is 23.7 Å². The van der Waals surface area contributed by atoms with Crippen LogP contribution in [0.3, 0.4) is 0 Å². The van der Waals surface area contributed by atoms with Crippen LogP contribution in [0.5, 0.6) is 0 Å². The van der Waals surface area contributed by atoms with Crippen LogP contribution in [-0.4, -0.2) is 84.9 Å². The molecule has 2 aliphatic heterocycles. The summed E-state index contributed by atoms with van der Waals surface area (Å²) in [5.41, 5.74) is 3.35. The molecule has 0 spiro atoms. The van der Waals surface area contributed by atoms with E-state index in [2.05, 4.69) is 0 Å². The van der Waals surface area contributed by atoms with Gasteiger partial charge in [-0.05, 0) is 75.1 Å². The van der Waals surface area contributed by atoms with Gasteiger partial charge in [0.2, 0.25) is 5.69 Å². The fraction of sp³-hybridized carbons (Fsp3) is 0.389. The summed E-state index contributed by atoms with van der Waals surface area (Å²) in [6.45, 7) is 8.47.